The van der Waals surface area contributed by atoms with E-state index in [0.717, 1.165) is 55.7 Å². The first-order chi connectivity index (χ1) is 13.2. The van der Waals surface area contributed by atoms with Crippen LogP contribution in [0.2, 0.25) is 0 Å². The molecule has 0 aromatic carbocycles. The third kappa shape index (κ3) is 7.02. The van der Waals surface area contributed by atoms with Crippen LogP contribution in [0.5, 0.6) is 0 Å². The smallest absolute Gasteiger partial charge is 0.416 e. The summed E-state index contributed by atoms with van der Waals surface area (Å²) < 4.78 is 17.9. The highest BCUT2D eigenvalue weighted by atomic mass is 19.1. The molecule has 1 atom stereocenters. The highest BCUT2D eigenvalue weighted by Crippen LogP contribution is 2.27. The van der Waals surface area contributed by atoms with Crippen molar-refractivity contribution in [2.75, 3.05) is 38.3 Å². The van der Waals surface area contributed by atoms with Crippen LogP contribution in [0, 0.1) is 0 Å². The molecule has 0 radical (unpaired) electrons. The van der Waals surface area contributed by atoms with E-state index in [2.05, 4.69) is 6.07 Å². The minimum absolute atomic E-state index is 0.342. The molecule has 1 unspecified atom stereocenters. The molecule has 0 fully saturated rings. The Hall–Kier alpha value is -1.73. The quantitative estimate of drug-likeness (QED) is 0.684. The van der Waals surface area contributed by atoms with Crippen molar-refractivity contribution in [1.29, 1.82) is 0 Å². The monoisotopic (exact) mass is 395 g/mol. The maximum atomic E-state index is 12.5. The Morgan fingerprint density at radius 2 is 2.14 bits per heavy atom. The summed E-state index contributed by atoms with van der Waals surface area (Å²) >= 11 is 0. The summed E-state index contributed by atoms with van der Waals surface area (Å²) in [7, 11) is 1.88. The fourth-order valence-electron chi connectivity index (χ4n) is 3.30. The van der Waals surface area contributed by atoms with Gasteiger partial charge in [-0.25, -0.2) is 14.2 Å². The number of unbranched alkanes of at least 4 members (excludes halogenated alkanes) is 1. The summed E-state index contributed by atoms with van der Waals surface area (Å²) in [5.41, 5.74) is 1.51. The number of amides is 1. The van der Waals surface area contributed by atoms with Gasteiger partial charge in [-0.3, -0.25) is 4.90 Å². The van der Waals surface area contributed by atoms with Crippen LogP contribution in [0.4, 0.5) is 15.0 Å². The SMILES string of the molecule is CN(CCCCc1ccc2c(n1)N(C(=O)OC(C)(C)C)CCC2)CC(O)CF. The van der Waals surface area contributed by atoms with Crippen LogP contribution in [0.1, 0.15) is 51.3 Å². The van der Waals surface area contributed by atoms with Gasteiger partial charge in [0, 0.05) is 18.8 Å². The molecule has 1 amide bonds. The number of hydrogen-bond donors (Lipinski definition) is 1. The standard InChI is InChI=1S/C21H34FN3O3/c1-21(2,3)28-20(27)25-13-7-8-16-10-11-17(23-19(16)25)9-5-6-12-24(4)15-18(26)14-22/h10-11,18,26H,5-9,12-15H2,1-4H3. The first kappa shape index (κ1) is 22.6. The largest absolute Gasteiger partial charge is 0.443 e. The number of aliphatic hydroxyl groups is 1. The maximum Gasteiger partial charge on any atom is 0.416 e. The number of alkyl halides is 1. The molecule has 1 aromatic heterocycles. The summed E-state index contributed by atoms with van der Waals surface area (Å²) in [5.74, 6) is 0.723. The zero-order chi connectivity index (χ0) is 20.7. The predicted molar refractivity (Wildman–Crippen MR) is 109 cm³/mol. The number of aliphatic hydroxyl groups excluding tert-OH is 1. The number of nitrogens with zero attached hydrogens (tertiary/aromatic N) is 3. The topological polar surface area (TPSA) is 65.9 Å². The van der Waals surface area contributed by atoms with Crippen LogP contribution in [-0.2, 0) is 17.6 Å². The van der Waals surface area contributed by atoms with Gasteiger partial charge in [0.15, 0.2) is 0 Å². The van der Waals surface area contributed by atoms with Gasteiger partial charge in [0.2, 0.25) is 0 Å². The molecule has 2 heterocycles. The van der Waals surface area contributed by atoms with Gasteiger partial charge in [0.1, 0.15) is 18.1 Å². The van der Waals surface area contributed by atoms with Gasteiger partial charge in [-0.2, -0.15) is 0 Å². The number of rotatable bonds is 8. The van der Waals surface area contributed by atoms with Crippen LogP contribution in [0.25, 0.3) is 0 Å². The summed E-state index contributed by atoms with van der Waals surface area (Å²) in [5, 5.41) is 9.35. The van der Waals surface area contributed by atoms with E-state index in [4.69, 9.17) is 9.72 Å². The van der Waals surface area contributed by atoms with Crippen molar-refractivity contribution >= 4 is 11.9 Å². The van der Waals surface area contributed by atoms with E-state index in [1.165, 1.54) is 0 Å². The lowest BCUT2D eigenvalue weighted by atomic mass is 10.0. The third-order valence-electron chi connectivity index (χ3n) is 4.63. The number of hydrogen-bond acceptors (Lipinski definition) is 5. The first-order valence-corrected chi connectivity index (χ1v) is 10.1. The number of halogens is 1. The lowest BCUT2D eigenvalue weighted by molar-refractivity contribution is 0.0576. The maximum absolute atomic E-state index is 12.5. The molecule has 1 aliphatic heterocycles. The molecule has 7 heteroatoms. The Kier molecular flexibility index (Phi) is 8.19. The highest BCUT2D eigenvalue weighted by molar-refractivity contribution is 5.88. The average Bonchev–Trinajstić information content (AvgIpc) is 2.63. The molecule has 0 saturated carbocycles. The van der Waals surface area contributed by atoms with Crippen molar-refractivity contribution in [3.63, 3.8) is 0 Å². The van der Waals surface area contributed by atoms with E-state index < -0.39 is 18.4 Å². The predicted octanol–water partition coefficient (Wildman–Crippen LogP) is 3.35. The number of pyridine rings is 1. The normalized spacial score (nSPS) is 15.5. The van der Waals surface area contributed by atoms with Gasteiger partial charge < -0.3 is 14.7 Å². The summed E-state index contributed by atoms with van der Waals surface area (Å²) in [4.78, 5) is 20.9. The molecule has 0 spiro atoms. The number of aromatic nitrogens is 1. The Balaban J connectivity index is 1.92. The van der Waals surface area contributed by atoms with Crippen molar-refractivity contribution in [3.05, 3.63) is 23.4 Å². The van der Waals surface area contributed by atoms with Crippen LogP contribution < -0.4 is 4.90 Å². The van der Waals surface area contributed by atoms with Crippen molar-refractivity contribution < 1.29 is 19.0 Å². The number of carbonyl (C=O) groups is 1. The second-order valence-corrected chi connectivity index (χ2v) is 8.55. The van der Waals surface area contributed by atoms with E-state index in [9.17, 15) is 14.3 Å². The van der Waals surface area contributed by atoms with Gasteiger partial charge >= 0.3 is 6.09 Å². The molecule has 1 aromatic rings. The number of ether oxygens (including phenoxy) is 1. The number of carbonyl (C=O) groups excluding carboxylic acids is 1. The lowest BCUT2D eigenvalue weighted by Gasteiger charge is -2.31. The van der Waals surface area contributed by atoms with Crippen LogP contribution >= 0.6 is 0 Å². The molecule has 2 rings (SSSR count). The highest BCUT2D eigenvalue weighted by Gasteiger charge is 2.28. The Morgan fingerprint density at radius 3 is 2.82 bits per heavy atom. The number of anilines is 1. The molecule has 1 N–H and O–H groups in total. The van der Waals surface area contributed by atoms with E-state index in [-0.39, 0.29) is 6.09 Å². The number of aryl methyl sites for hydroxylation is 2. The van der Waals surface area contributed by atoms with Crippen molar-refractivity contribution in [3.8, 4) is 0 Å². The van der Waals surface area contributed by atoms with E-state index >= 15 is 0 Å². The van der Waals surface area contributed by atoms with E-state index in [1.807, 2.05) is 38.8 Å². The molecule has 28 heavy (non-hydrogen) atoms. The second kappa shape index (κ2) is 10.2. The van der Waals surface area contributed by atoms with Crippen molar-refractivity contribution in [2.24, 2.45) is 0 Å². The number of fused-ring (bicyclic) bond motifs is 1. The summed E-state index contributed by atoms with van der Waals surface area (Å²) in [6.07, 6.45) is 3.26. The Bertz CT molecular complexity index is 648. The molecule has 0 bridgehead atoms. The zero-order valence-electron chi connectivity index (χ0n) is 17.6. The molecular weight excluding hydrogens is 361 g/mol. The molecule has 6 nitrogen and oxygen atoms in total. The summed E-state index contributed by atoms with van der Waals surface area (Å²) in [6, 6.07) is 4.10. The zero-order valence-corrected chi connectivity index (χ0v) is 17.6. The first-order valence-electron chi connectivity index (χ1n) is 10.1. The second-order valence-electron chi connectivity index (χ2n) is 8.55. The molecule has 0 saturated heterocycles. The van der Waals surface area contributed by atoms with E-state index in [0.29, 0.717) is 13.1 Å². The fraction of sp³-hybridized carbons (Fsp3) is 0.714. The minimum atomic E-state index is -0.911. The van der Waals surface area contributed by atoms with Crippen LogP contribution in [0.3, 0.4) is 0 Å². The average molecular weight is 396 g/mol. The van der Waals surface area contributed by atoms with Gasteiger partial charge in [-0.1, -0.05) is 6.07 Å². The fourth-order valence-corrected chi connectivity index (χ4v) is 3.30. The molecular formula is C21H34FN3O3. The van der Waals surface area contributed by atoms with Crippen LogP contribution in [-0.4, -0.2) is 66.1 Å². The lowest BCUT2D eigenvalue weighted by Crippen LogP contribution is -2.40. The van der Waals surface area contributed by atoms with Gasteiger partial charge in [0.05, 0.1) is 6.10 Å². The molecule has 0 aliphatic carbocycles. The van der Waals surface area contributed by atoms with Crippen molar-refractivity contribution in [2.45, 2.75) is 64.6 Å². The van der Waals surface area contributed by atoms with Gasteiger partial charge in [0.25, 0.3) is 0 Å². The molecule has 158 valence electrons. The van der Waals surface area contributed by atoms with Gasteiger partial charge in [-0.05, 0) is 78.1 Å². The Labute approximate surface area is 167 Å². The minimum Gasteiger partial charge on any atom is -0.443 e. The van der Waals surface area contributed by atoms with E-state index in [1.54, 1.807) is 4.90 Å². The van der Waals surface area contributed by atoms with Crippen LogP contribution in [0.15, 0.2) is 12.1 Å². The Morgan fingerprint density at radius 1 is 1.39 bits per heavy atom. The van der Waals surface area contributed by atoms with Crippen molar-refractivity contribution in [1.82, 2.24) is 9.88 Å². The summed E-state index contributed by atoms with van der Waals surface area (Å²) in [6.45, 7) is 6.65. The van der Waals surface area contributed by atoms with Gasteiger partial charge in [-0.15, -0.1) is 0 Å². The number of likely N-dealkylation sites (N-methyl/N-ethyl adjacent to an activating group) is 1. The molecule has 1 aliphatic rings. The third-order valence-corrected chi connectivity index (χ3v) is 4.63.